The number of Topliss-reactive ketones (excluding diaryl/α,β-unsaturated/α-hetero) is 2. The fourth-order valence-corrected chi connectivity index (χ4v) is 8.20. The van der Waals surface area contributed by atoms with Crippen LogP contribution in [0.4, 0.5) is 0 Å². The van der Waals surface area contributed by atoms with Crippen molar-refractivity contribution < 1.29 is 73.0 Å². The maximum atomic E-state index is 12.5. The smallest absolute Gasteiger partial charge is 0.347 e. The van der Waals surface area contributed by atoms with Gasteiger partial charge in [0.05, 0.1) is 13.2 Å². The number of carboxylic acids is 1. The van der Waals surface area contributed by atoms with Crippen LogP contribution in [0.3, 0.4) is 0 Å². The number of ether oxygens (including phenoxy) is 3. The summed E-state index contributed by atoms with van der Waals surface area (Å²) in [7, 11) is 0. The number of hydrogen-bond acceptors (Lipinski definition) is 17. The molecule has 0 saturated heterocycles. The Morgan fingerprint density at radius 3 is 0.842 bits per heavy atom. The van der Waals surface area contributed by atoms with Crippen molar-refractivity contribution >= 4 is 69.7 Å². The molecule has 0 aliphatic rings. The molecule has 0 unspecified atom stereocenters. The zero-order valence-electron chi connectivity index (χ0n) is 56.0. The lowest BCUT2D eigenvalue weighted by atomic mass is 9.98. The van der Waals surface area contributed by atoms with E-state index in [0.29, 0.717) is 97.9 Å². The first-order valence-electron chi connectivity index (χ1n) is 31.4. The largest absolute Gasteiger partial charge is 0.480 e. The van der Waals surface area contributed by atoms with Crippen LogP contribution < -0.4 is 19.9 Å². The Morgan fingerprint density at radius 2 is 0.653 bits per heavy atom. The van der Waals surface area contributed by atoms with Gasteiger partial charge >= 0.3 is 5.97 Å². The molecule has 0 radical (unpaired) electrons. The molecule has 95 heavy (non-hydrogen) atoms. The molecule has 0 bridgehead atoms. The Balaban J connectivity index is 0.000000645. The molecule has 0 saturated carbocycles. The van der Waals surface area contributed by atoms with E-state index in [1.807, 2.05) is 0 Å². The number of benzene rings is 6. The molecule has 518 valence electrons. The molecular weight excluding hydrogens is 1290 g/mol. The van der Waals surface area contributed by atoms with Crippen molar-refractivity contribution in [2.75, 3.05) is 26.4 Å². The quantitative estimate of drug-likeness (QED) is 0.0149. The van der Waals surface area contributed by atoms with Crippen LogP contribution in [0.1, 0.15) is 200 Å². The number of aliphatic hydroxyl groups excluding tert-OH is 1. The first-order valence-corrected chi connectivity index (χ1v) is 32.5. The van der Waals surface area contributed by atoms with Crippen LogP contribution in [0.15, 0.2) is 146 Å². The van der Waals surface area contributed by atoms with Crippen molar-refractivity contribution in [3.05, 3.63) is 214 Å². The number of hydrogen-bond donors (Lipinski definition) is 3. The highest BCUT2D eigenvalue weighted by Gasteiger charge is 2.31. The zero-order valence-corrected chi connectivity index (χ0v) is 58.3. The first-order chi connectivity index (χ1) is 44.9. The molecule has 0 aliphatic carbocycles. The molecule has 0 spiro atoms. The highest BCUT2D eigenvalue weighted by atomic mass is 35.5. The molecular formula is C72H92Cl3N3O17. The van der Waals surface area contributed by atoms with E-state index in [1.54, 1.807) is 173 Å². The van der Waals surface area contributed by atoms with Gasteiger partial charge in [0.25, 0.3) is 10.2 Å². The third kappa shape index (κ3) is 35.2. The molecule has 23 heteroatoms. The minimum absolute atomic E-state index is 0.0370. The first kappa shape index (κ1) is 84.7. The topological polar surface area (TPSA) is 301 Å². The molecule has 0 aromatic heterocycles. The van der Waals surface area contributed by atoms with Crippen molar-refractivity contribution in [3.8, 4) is 17.2 Å². The Kier molecular flexibility index (Phi) is 41.0. The van der Waals surface area contributed by atoms with Gasteiger partial charge in [-0.15, -0.1) is 20.2 Å². The molecule has 6 aromatic carbocycles. The third-order valence-electron chi connectivity index (χ3n) is 13.4. The second-order valence-corrected chi connectivity index (χ2v) is 24.0. The molecule has 6 aromatic rings. The molecule has 6 rings (SSSR count). The van der Waals surface area contributed by atoms with E-state index < -0.39 is 32.9 Å². The van der Waals surface area contributed by atoms with Crippen molar-refractivity contribution in [1.82, 2.24) is 0 Å². The van der Waals surface area contributed by atoms with Crippen LogP contribution in [0.25, 0.3) is 0 Å². The number of carbonyl (C=O) groups is 6. The van der Waals surface area contributed by atoms with Gasteiger partial charge in [-0.05, 0) is 226 Å². The molecule has 0 amide bonds. The highest BCUT2D eigenvalue weighted by molar-refractivity contribution is 6.31. The monoisotopic (exact) mass is 1380 g/mol. The minimum atomic E-state index is -1.33. The standard InChI is InChI=1S/2C21H22ClNO6.C17H15ClO4.2C5H12.C3H9NO/c2*1-21(2,19(24)5-3-4-14-28-23(26)27)29-18-12-8-16(9-13-18)20(25)15-6-10-17(22)11-7-15;1-17(2,16(20)21)22-14-9-5-12(6-10-14)15(19)11-3-7-13(18)8-4-11;2*1-3-5-4-2;4-2-1-3-5/h2*6-13H,3-5,14H2,1-2H3;3-10H,1-2H3,(H,20,21);2*3-5H2,1-2H3;5H,1-4H2. The average Bonchev–Trinajstić information content (AvgIpc) is 1.36. The summed E-state index contributed by atoms with van der Waals surface area (Å²) in [5, 5.41) is 37.2. The van der Waals surface area contributed by atoms with Gasteiger partial charge in [-0.1, -0.05) is 101 Å². The van der Waals surface area contributed by atoms with E-state index in [9.17, 15) is 49.0 Å². The summed E-state index contributed by atoms with van der Waals surface area (Å²) in [5.74, 6) is -0.407. The Morgan fingerprint density at radius 1 is 0.411 bits per heavy atom. The van der Waals surface area contributed by atoms with E-state index in [4.69, 9.17) is 65.0 Å². The van der Waals surface area contributed by atoms with Gasteiger partial charge in [-0.25, -0.2) is 4.79 Å². The van der Waals surface area contributed by atoms with Crippen LogP contribution in [0, 0.1) is 20.2 Å². The fourth-order valence-electron chi connectivity index (χ4n) is 7.82. The van der Waals surface area contributed by atoms with Gasteiger partial charge in [-0.2, -0.15) is 0 Å². The summed E-state index contributed by atoms with van der Waals surface area (Å²) >= 11 is 17.5. The lowest BCUT2D eigenvalue weighted by molar-refractivity contribution is -0.757. The number of carboxylic acid groups (broad SMARTS) is 1. The van der Waals surface area contributed by atoms with Gasteiger partial charge in [0, 0.05) is 67.9 Å². The molecule has 0 aliphatic heterocycles. The summed E-state index contributed by atoms with van der Waals surface area (Å²) < 4.78 is 17.0. The van der Waals surface area contributed by atoms with Gasteiger partial charge in [0.15, 0.2) is 45.7 Å². The summed E-state index contributed by atoms with van der Waals surface area (Å²) in [6.45, 7) is 19.2. The van der Waals surface area contributed by atoms with Crippen molar-refractivity contribution in [1.29, 1.82) is 0 Å². The van der Waals surface area contributed by atoms with Gasteiger partial charge in [0.2, 0.25) is 0 Å². The lowest BCUT2D eigenvalue weighted by Crippen LogP contribution is -2.38. The summed E-state index contributed by atoms with van der Waals surface area (Å²) in [5.41, 5.74) is 4.58. The van der Waals surface area contributed by atoms with Gasteiger partial charge in [0.1, 0.15) is 17.2 Å². The minimum Gasteiger partial charge on any atom is -0.480 e. The number of halogens is 3. The van der Waals surface area contributed by atoms with Crippen molar-refractivity contribution in [3.63, 3.8) is 0 Å². The van der Waals surface area contributed by atoms with Gasteiger partial charge in [-0.3, -0.25) is 24.0 Å². The summed E-state index contributed by atoms with van der Waals surface area (Å²) in [6.07, 6.45) is 11.1. The number of carbonyl (C=O) groups excluding carboxylic acids is 5. The van der Waals surface area contributed by atoms with E-state index in [1.165, 1.54) is 52.4 Å². The summed E-state index contributed by atoms with van der Waals surface area (Å²) in [6, 6.07) is 39.4. The van der Waals surface area contributed by atoms with Crippen molar-refractivity contribution in [2.24, 2.45) is 5.73 Å². The van der Waals surface area contributed by atoms with Crippen molar-refractivity contribution in [2.45, 2.75) is 170 Å². The Hall–Kier alpha value is -8.27. The predicted molar refractivity (Wildman–Crippen MR) is 371 cm³/mol. The Labute approximate surface area is 572 Å². The molecule has 0 heterocycles. The number of rotatable bonds is 33. The number of unbranched alkanes of at least 4 members (excludes halogenated alkanes) is 6. The zero-order chi connectivity index (χ0) is 71.6. The van der Waals surface area contributed by atoms with Crippen LogP contribution in [0.2, 0.25) is 15.1 Å². The third-order valence-corrected chi connectivity index (χ3v) is 14.2. The SMILES string of the molecule is CC(C)(Oc1ccc(C(=O)c2ccc(Cl)cc2)cc1)C(=O)CCCCO[N+](=O)[O-].CC(C)(Oc1ccc(C(=O)c2ccc(Cl)cc2)cc1)C(=O)CCCCO[N+](=O)[O-].CC(C)(Oc1ccc(C(=O)c2ccc(Cl)cc2)cc1)C(=O)O.CCCCC.CCCCC.NCCCO. The van der Waals surface area contributed by atoms with Crippen LogP contribution in [0.5, 0.6) is 17.2 Å². The average molecular weight is 1380 g/mol. The van der Waals surface area contributed by atoms with E-state index in [0.717, 1.165) is 6.42 Å². The highest BCUT2D eigenvalue weighted by Crippen LogP contribution is 2.26. The number of aliphatic carboxylic acids is 1. The number of nitrogens with two attached hydrogens (primary N) is 1. The second-order valence-electron chi connectivity index (χ2n) is 22.7. The van der Waals surface area contributed by atoms with E-state index in [2.05, 4.69) is 37.4 Å². The molecule has 0 fully saturated rings. The number of aliphatic hydroxyl groups is 1. The van der Waals surface area contributed by atoms with Crippen LogP contribution in [-0.2, 0) is 24.1 Å². The van der Waals surface area contributed by atoms with E-state index >= 15 is 0 Å². The predicted octanol–water partition coefficient (Wildman–Crippen LogP) is 16.9. The normalized spacial score (nSPS) is 10.6. The molecule has 4 N–H and O–H groups in total. The van der Waals surface area contributed by atoms with Crippen LogP contribution in [-0.4, -0.2) is 98.4 Å². The second kappa shape index (κ2) is 46.0. The maximum Gasteiger partial charge on any atom is 0.347 e. The lowest BCUT2D eigenvalue weighted by Gasteiger charge is -2.25. The molecule has 0 atom stereocenters. The number of nitrogens with zero attached hydrogens (tertiary/aromatic N) is 2. The summed E-state index contributed by atoms with van der Waals surface area (Å²) in [4.78, 5) is 102. The maximum absolute atomic E-state index is 12.5. The Bertz CT molecular complexity index is 3090. The van der Waals surface area contributed by atoms with E-state index in [-0.39, 0.29) is 61.6 Å². The number of ketones is 5. The molecule has 20 nitrogen and oxygen atoms in total. The van der Waals surface area contributed by atoms with Gasteiger partial charge < -0.3 is 39.8 Å². The van der Waals surface area contributed by atoms with Crippen LogP contribution >= 0.6 is 34.8 Å². The fraction of sp³-hybridized carbons (Fsp3) is 0.417.